The van der Waals surface area contributed by atoms with Crippen LogP contribution in [0.5, 0.6) is 0 Å². The van der Waals surface area contributed by atoms with Gasteiger partial charge in [0.2, 0.25) is 5.16 Å². The summed E-state index contributed by atoms with van der Waals surface area (Å²) in [5, 5.41) is 9.27. The number of aryl methyl sites for hydroxylation is 1. The van der Waals surface area contributed by atoms with Gasteiger partial charge in [-0.3, -0.25) is 13.9 Å². The van der Waals surface area contributed by atoms with Gasteiger partial charge < -0.3 is 9.67 Å². The monoisotopic (exact) mass is 469 g/mol. The Balaban J connectivity index is 2.35. The second-order valence-corrected chi connectivity index (χ2v) is 9.47. The van der Waals surface area contributed by atoms with Crippen molar-refractivity contribution in [2.45, 2.75) is 44.6 Å². The third-order valence-corrected chi connectivity index (χ3v) is 6.45. The molecule has 3 aromatic rings. The molecule has 2 aromatic heterocycles. The zero-order chi connectivity index (χ0) is 22.9. The second-order valence-electron chi connectivity index (χ2n) is 7.43. The highest BCUT2D eigenvalue weighted by atomic mass is 35.5. The summed E-state index contributed by atoms with van der Waals surface area (Å²) in [4.78, 5) is 30.1. The van der Waals surface area contributed by atoms with Crippen molar-refractivity contribution in [3.8, 4) is 0 Å². The molecule has 2 heterocycles. The molecule has 0 saturated heterocycles. The number of nitrogens with zero attached hydrogens (tertiary/aromatic N) is 4. The van der Waals surface area contributed by atoms with Gasteiger partial charge in [-0.1, -0.05) is 23.7 Å². The molecule has 1 aromatic carbocycles. The standard InChI is InChI=1S/C19H24ClN5O5S/c1-12(2)22-31(29,30)18-21-16-15(25(18)11-13-5-7-14(20)8-6-13)17(27)24(9-4-10-26)19(28)23(16)3/h5-8,12,22,26H,4,9-11H2,1-3H3. The van der Waals surface area contributed by atoms with Crippen molar-refractivity contribution in [3.63, 3.8) is 0 Å². The topological polar surface area (TPSA) is 128 Å². The number of imidazole rings is 1. The van der Waals surface area contributed by atoms with E-state index in [1.807, 2.05) is 0 Å². The average Bonchev–Trinajstić information content (AvgIpc) is 3.07. The van der Waals surface area contributed by atoms with E-state index in [9.17, 15) is 18.0 Å². The van der Waals surface area contributed by atoms with Crippen LogP contribution in [0.25, 0.3) is 11.2 Å². The summed E-state index contributed by atoms with van der Waals surface area (Å²) in [6, 6.07) is 6.34. The Hall–Kier alpha value is -2.47. The molecular weight excluding hydrogens is 446 g/mol. The fourth-order valence-corrected chi connectivity index (χ4v) is 4.77. The van der Waals surface area contributed by atoms with Crippen molar-refractivity contribution < 1.29 is 13.5 Å². The number of sulfonamides is 1. The number of rotatable bonds is 8. The Morgan fingerprint density at radius 1 is 1.16 bits per heavy atom. The van der Waals surface area contributed by atoms with Gasteiger partial charge in [0.1, 0.15) is 0 Å². The highest BCUT2D eigenvalue weighted by molar-refractivity contribution is 7.89. The van der Waals surface area contributed by atoms with Crippen LogP contribution in [-0.4, -0.2) is 44.9 Å². The molecule has 0 aliphatic heterocycles. The predicted molar refractivity (Wildman–Crippen MR) is 117 cm³/mol. The molecule has 31 heavy (non-hydrogen) atoms. The molecule has 12 heteroatoms. The van der Waals surface area contributed by atoms with Gasteiger partial charge in [-0.05, 0) is 38.0 Å². The van der Waals surface area contributed by atoms with Gasteiger partial charge >= 0.3 is 5.69 Å². The first-order valence-electron chi connectivity index (χ1n) is 9.64. The first-order valence-corrected chi connectivity index (χ1v) is 11.5. The van der Waals surface area contributed by atoms with Gasteiger partial charge in [0, 0.05) is 31.3 Å². The lowest BCUT2D eigenvalue weighted by molar-refractivity contribution is 0.277. The average molecular weight is 470 g/mol. The number of nitrogens with one attached hydrogen (secondary N) is 1. The van der Waals surface area contributed by atoms with Gasteiger partial charge in [0.25, 0.3) is 15.6 Å². The number of aliphatic hydroxyl groups is 1. The summed E-state index contributed by atoms with van der Waals surface area (Å²) in [7, 11) is -2.66. The van der Waals surface area contributed by atoms with Crippen LogP contribution < -0.4 is 16.0 Å². The van der Waals surface area contributed by atoms with Crippen LogP contribution in [0.2, 0.25) is 5.02 Å². The van der Waals surface area contributed by atoms with E-state index < -0.39 is 27.3 Å². The van der Waals surface area contributed by atoms with E-state index >= 15 is 0 Å². The number of benzene rings is 1. The van der Waals surface area contributed by atoms with Crippen LogP contribution in [0, 0.1) is 0 Å². The number of hydrogen-bond acceptors (Lipinski definition) is 6. The van der Waals surface area contributed by atoms with E-state index in [2.05, 4.69) is 9.71 Å². The summed E-state index contributed by atoms with van der Waals surface area (Å²) in [5.74, 6) is 0. The van der Waals surface area contributed by atoms with Gasteiger partial charge in [-0.25, -0.2) is 17.9 Å². The molecule has 168 valence electrons. The molecule has 0 aliphatic rings. The van der Waals surface area contributed by atoms with Crippen LogP contribution >= 0.6 is 11.6 Å². The summed E-state index contributed by atoms with van der Waals surface area (Å²) < 4.78 is 31.9. The smallest absolute Gasteiger partial charge is 0.332 e. The zero-order valence-corrected chi connectivity index (χ0v) is 18.9. The van der Waals surface area contributed by atoms with Crippen LogP contribution in [-0.2, 0) is 30.2 Å². The number of halogens is 1. The van der Waals surface area contributed by atoms with Crippen LogP contribution in [0.3, 0.4) is 0 Å². The summed E-state index contributed by atoms with van der Waals surface area (Å²) >= 11 is 5.95. The molecule has 3 rings (SSSR count). The summed E-state index contributed by atoms with van der Waals surface area (Å²) in [6.07, 6.45) is 0.200. The Morgan fingerprint density at radius 2 is 1.81 bits per heavy atom. The molecule has 0 amide bonds. The minimum Gasteiger partial charge on any atom is -0.396 e. The maximum Gasteiger partial charge on any atom is 0.332 e. The minimum atomic E-state index is -4.08. The van der Waals surface area contributed by atoms with Gasteiger partial charge in [-0.2, -0.15) is 4.98 Å². The lowest BCUT2D eigenvalue weighted by Gasteiger charge is -2.13. The van der Waals surface area contributed by atoms with E-state index in [0.29, 0.717) is 10.6 Å². The van der Waals surface area contributed by atoms with Crippen LogP contribution in [0.15, 0.2) is 39.0 Å². The normalized spacial score (nSPS) is 12.2. The molecule has 2 N–H and O–H groups in total. The number of hydrogen-bond donors (Lipinski definition) is 2. The second kappa shape index (κ2) is 8.95. The summed E-state index contributed by atoms with van der Waals surface area (Å²) in [6.45, 7) is 3.16. The lowest BCUT2D eigenvalue weighted by Crippen LogP contribution is -2.40. The number of aliphatic hydroxyl groups excluding tert-OH is 1. The molecule has 10 nitrogen and oxygen atoms in total. The molecule has 0 aliphatic carbocycles. The number of fused-ring (bicyclic) bond motifs is 1. The third-order valence-electron chi connectivity index (χ3n) is 4.62. The number of aromatic nitrogens is 4. The Morgan fingerprint density at radius 3 is 2.39 bits per heavy atom. The van der Waals surface area contributed by atoms with Crippen molar-refractivity contribution in [2.24, 2.45) is 7.05 Å². The molecule has 0 fully saturated rings. The zero-order valence-electron chi connectivity index (χ0n) is 17.4. The van der Waals surface area contributed by atoms with E-state index in [-0.39, 0.29) is 42.4 Å². The van der Waals surface area contributed by atoms with Gasteiger partial charge in [0.05, 0.1) is 6.54 Å². The van der Waals surface area contributed by atoms with Crippen LogP contribution in [0.4, 0.5) is 0 Å². The fourth-order valence-electron chi connectivity index (χ4n) is 3.26. The van der Waals surface area contributed by atoms with Gasteiger partial charge in [-0.15, -0.1) is 0 Å². The van der Waals surface area contributed by atoms with E-state index in [4.69, 9.17) is 16.7 Å². The van der Waals surface area contributed by atoms with Crippen LogP contribution in [0.1, 0.15) is 25.8 Å². The molecule has 0 unspecified atom stereocenters. The predicted octanol–water partition coefficient (Wildman–Crippen LogP) is 0.668. The maximum atomic E-state index is 13.2. The minimum absolute atomic E-state index is 0.00357. The quantitative estimate of drug-likeness (QED) is 0.499. The molecule has 0 atom stereocenters. The lowest BCUT2D eigenvalue weighted by atomic mass is 10.2. The largest absolute Gasteiger partial charge is 0.396 e. The maximum absolute atomic E-state index is 13.2. The van der Waals surface area contributed by atoms with Crippen molar-refractivity contribution >= 4 is 32.8 Å². The fraction of sp³-hybridized carbons (Fsp3) is 0.421. The van der Waals surface area contributed by atoms with Crippen molar-refractivity contribution in [1.82, 2.24) is 23.4 Å². The molecular formula is C19H24ClN5O5S. The third kappa shape index (κ3) is 4.59. The Labute approximate surface area is 183 Å². The van der Waals surface area contributed by atoms with Crippen molar-refractivity contribution in [1.29, 1.82) is 0 Å². The molecule has 0 spiro atoms. The summed E-state index contributed by atoms with van der Waals surface area (Å²) in [5.41, 5.74) is -0.658. The molecule has 0 saturated carbocycles. The highest BCUT2D eigenvalue weighted by Gasteiger charge is 2.28. The van der Waals surface area contributed by atoms with E-state index in [1.54, 1.807) is 38.1 Å². The van der Waals surface area contributed by atoms with E-state index in [1.165, 1.54) is 11.6 Å². The first kappa shape index (κ1) is 23.2. The Kier molecular flexibility index (Phi) is 6.70. The molecule has 0 radical (unpaired) electrons. The SMILES string of the molecule is CC(C)NS(=O)(=O)c1nc2c(c(=O)n(CCCO)c(=O)n2C)n1Cc1ccc(Cl)cc1. The molecule has 0 bridgehead atoms. The first-order chi connectivity index (χ1) is 14.6. The van der Waals surface area contributed by atoms with Crippen molar-refractivity contribution in [2.75, 3.05) is 6.61 Å². The van der Waals surface area contributed by atoms with Gasteiger partial charge in [0.15, 0.2) is 11.2 Å². The van der Waals surface area contributed by atoms with E-state index in [0.717, 1.165) is 9.13 Å². The Bertz CT molecular complexity index is 1320. The highest BCUT2D eigenvalue weighted by Crippen LogP contribution is 2.19. The van der Waals surface area contributed by atoms with Crippen molar-refractivity contribution in [3.05, 3.63) is 55.7 Å².